The summed E-state index contributed by atoms with van der Waals surface area (Å²) in [6.07, 6.45) is 0.976. The smallest absolute Gasteiger partial charge is 0.341 e. The summed E-state index contributed by atoms with van der Waals surface area (Å²) in [6.45, 7) is 8.28. The average molecular weight is 250 g/mol. The lowest BCUT2D eigenvalue weighted by Gasteiger charge is -2.13. The predicted molar refractivity (Wildman–Crippen MR) is 72.2 cm³/mol. The lowest BCUT2D eigenvalue weighted by atomic mass is 9.96. The molecule has 0 amide bonds. The second kappa shape index (κ2) is 6.43. The fourth-order valence-corrected chi connectivity index (χ4v) is 1.84. The van der Waals surface area contributed by atoms with Gasteiger partial charge in [0.05, 0.1) is 0 Å². The van der Waals surface area contributed by atoms with Crippen molar-refractivity contribution in [2.24, 2.45) is 5.92 Å². The van der Waals surface area contributed by atoms with E-state index >= 15 is 0 Å². The van der Waals surface area contributed by atoms with Gasteiger partial charge in [0.1, 0.15) is 5.75 Å². The van der Waals surface area contributed by atoms with Gasteiger partial charge in [-0.2, -0.15) is 0 Å². The highest BCUT2D eigenvalue weighted by molar-refractivity contribution is 5.68. The molecule has 0 aliphatic carbocycles. The summed E-state index contributed by atoms with van der Waals surface area (Å²) < 4.78 is 5.28. The third kappa shape index (κ3) is 4.78. The van der Waals surface area contributed by atoms with Crippen LogP contribution in [0.5, 0.6) is 5.75 Å². The fourth-order valence-electron chi connectivity index (χ4n) is 1.84. The molecule has 18 heavy (non-hydrogen) atoms. The van der Waals surface area contributed by atoms with Crippen molar-refractivity contribution in [3.63, 3.8) is 0 Å². The van der Waals surface area contributed by atoms with Crippen molar-refractivity contribution < 1.29 is 14.6 Å². The van der Waals surface area contributed by atoms with Crippen molar-refractivity contribution in [2.45, 2.75) is 40.0 Å². The number of carbonyl (C=O) groups is 1. The molecular formula is C15H22O3. The number of hydrogen-bond donors (Lipinski definition) is 1. The van der Waals surface area contributed by atoms with E-state index in [2.05, 4.69) is 33.8 Å². The van der Waals surface area contributed by atoms with E-state index in [4.69, 9.17) is 9.84 Å². The highest BCUT2D eigenvalue weighted by Gasteiger charge is 2.08. The summed E-state index contributed by atoms with van der Waals surface area (Å²) in [6, 6.07) is 6.05. The topological polar surface area (TPSA) is 46.5 Å². The summed E-state index contributed by atoms with van der Waals surface area (Å²) in [5.74, 6) is 0.679. The zero-order valence-corrected chi connectivity index (χ0v) is 11.6. The minimum atomic E-state index is -0.949. The van der Waals surface area contributed by atoms with Gasteiger partial charge < -0.3 is 9.84 Å². The summed E-state index contributed by atoms with van der Waals surface area (Å²) in [7, 11) is 0. The monoisotopic (exact) mass is 250 g/mol. The van der Waals surface area contributed by atoms with Crippen LogP contribution in [0.15, 0.2) is 18.2 Å². The molecule has 1 N–H and O–H groups in total. The second-order valence-corrected chi connectivity index (χ2v) is 5.35. The first-order valence-corrected chi connectivity index (χ1v) is 6.37. The summed E-state index contributed by atoms with van der Waals surface area (Å²) in [5, 5.41) is 8.64. The number of hydrogen-bond acceptors (Lipinski definition) is 2. The standard InChI is InChI=1S/C15H22O3/c1-10(2)5-12-6-13(11(3)4)8-14(7-12)18-9-15(16)17/h6-8,10-11H,5,9H2,1-4H3,(H,16,17). The zero-order valence-electron chi connectivity index (χ0n) is 11.6. The Hall–Kier alpha value is -1.51. The van der Waals surface area contributed by atoms with Crippen molar-refractivity contribution in [1.29, 1.82) is 0 Å². The highest BCUT2D eigenvalue weighted by atomic mass is 16.5. The van der Waals surface area contributed by atoms with Gasteiger partial charge in [-0.05, 0) is 41.5 Å². The Morgan fingerprint density at radius 1 is 1.22 bits per heavy atom. The minimum absolute atomic E-state index is 0.289. The molecule has 0 bridgehead atoms. The molecule has 3 heteroatoms. The van der Waals surface area contributed by atoms with Gasteiger partial charge in [0, 0.05) is 0 Å². The number of carboxylic acids is 1. The molecule has 1 rings (SSSR count). The molecule has 0 aliphatic rings. The van der Waals surface area contributed by atoms with Crippen LogP contribution in [-0.2, 0) is 11.2 Å². The molecule has 0 aliphatic heterocycles. The number of aliphatic carboxylic acids is 1. The molecule has 0 fully saturated rings. The molecule has 0 saturated carbocycles. The van der Waals surface area contributed by atoms with E-state index in [9.17, 15) is 4.79 Å². The Labute approximate surface area is 109 Å². The zero-order chi connectivity index (χ0) is 13.7. The van der Waals surface area contributed by atoms with Gasteiger partial charge in [0.25, 0.3) is 0 Å². The largest absolute Gasteiger partial charge is 0.482 e. The molecule has 0 aromatic heterocycles. The number of rotatable bonds is 6. The normalized spacial score (nSPS) is 11.0. The molecule has 0 unspecified atom stereocenters. The van der Waals surface area contributed by atoms with Crippen LogP contribution in [0.25, 0.3) is 0 Å². The van der Waals surface area contributed by atoms with Crippen molar-refractivity contribution in [1.82, 2.24) is 0 Å². The summed E-state index contributed by atoms with van der Waals surface area (Å²) in [5.41, 5.74) is 2.39. The molecule has 1 aromatic carbocycles. The van der Waals surface area contributed by atoms with Crippen molar-refractivity contribution in [3.8, 4) is 5.75 Å². The fraction of sp³-hybridized carbons (Fsp3) is 0.533. The maximum absolute atomic E-state index is 10.5. The van der Waals surface area contributed by atoms with Gasteiger partial charge in [0.2, 0.25) is 0 Å². The van der Waals surface area contributed by atoms with Gasteiger partial charge >= 0.3 is 5.97 Å². The highest BCUT2D eigenvalue weighted by Crippen LogP contribution is 2.24. The van der Waals surface area contributed by atoms with E-state index in [1.807, 2.05) is 12.1 Å². The molecule has 0 radical (unpaired) electrons. The van der Waals surface area contributed by atoms with Crippen LogP contribution in [0, 0.1) is 5.92 Å². The van der Waals surface area contributed by atoms with Crippen LogP contribution in [0.3, 0.4) is 0 Å². The van der Waals surface area contributed by atoms with Crippen LogP contribution in [0.2, 0.25) is 0 Å². The number of ether oxygens (including phenoxy) is 1. The molecule has 3 nitrogen and oxygen atoms in total. The minimum Gasteiger partial charge on any atom is -0.482 e. The molecule has 0 saturated heterocycles. The SMILES string of the molecule is CC(C)Cc1cc(OCC(=O)O)cc(C(C)C)c1. The van der Waals surface area contributed by atoms with E-state index in [1.165, 1.54) is 11.1 Å². The first-order chi connectivity index (χ1) is 8.38. The van der Waals surface area contributed by atoms with Crippen LogP contribution in [-0.4, -0.2) is 17.7 Å². The Balaban J connectivity index is 2.94. The Morgan fingerprint density at radius 3 is 2.39 bits per heavy atom. The van der Waals surface area contributed by atoms with E-state index in [0.29, 0.717) is 17.6 Å². The molecule has 0 atom stereocenters. The lowest BCUT2D eigenvalue weighted by molar-refractivity contribution is -0.139. The first-order valence-electron chi connectivity index (χ1n) is 6.37. The van der Waals surface area contributed by atoms with Gasteiger partial charge in [-0.15, -0.1) is 0 Å². The molecular weight excluding hydrogens is 228 g/mol. The maximum atomic E-state index is 10.5. The van der Waals surface area contributed by atoms with E-state index in [1.54, 1.807) is 0 Å². The summed E-state index contributed by atoms with van der Waals surface area (Å²) in [4.78, 5) is 10.5. The first kappa shape index (κ1) is 14.6. The summed E-state index contributed by atoms with van der Waals surface area (Å²) >= 11 is 0. The maximum Gasteiger partial charge on any atom is 0.341 e. The van der Waals surface area contributed by atoms with Crippen molar-refractivity contribution in [3.05, 3.63) is 29.3 Å². The van der Waals surface area contributed by atoms with Crippen LogP contribution < -0.4 is 4.74 Å². The second-order valence-electron chi connectivity index (χ2n) is 5.35. The Kier molecular flexibility index (Phi) is 5.20. The molecule has 100 valence electrons. The van der Waals surface area contributed by atoms with Crippen LogP contribution in [0.4, 0.5) is 0 Å². The van der Waals surface area contributed by atoms with Crippen LogP contribution >= 0.6 is 0 Å². The van der Waals surface area contributed by atoms with Gasteiger partial charge in [-0.3, -0.25) is 0 Å². The molecule has 0 spiro atoms. The third-order valence-electron chi connectivity index (χ3n) is 2.66. The molecule has 0 heterocycles. The van der Waals surface area contributed by atoms with E-state index < -0.39 is 5.97 Å². The van der Waals surface area contributed by atoms with Gasteiger partial charge in [-0.1, -0.05) is 33.8 Å². The average Bonchev–Trinajstić information content (AvgIpc) is 2.25. The number of carboxylic acid groups (broad SMARTS) is 1. The lowest BCUT2D eigenvalue weighted by Crippen LogP contribution is -2.10. The van der Waals surface area contributed by atoms with Gasteiger partial charge in [-0.25, -0.2) is 4.79 Å². The Bertz CT molecular complexity index is 408. The van der Waals surface area contributed by atoms with Crippen molar-refractivity contribution >= 4 is 5.97 Å². The molecule has 1 aromatic rings. The quantitative estimate of drug-likeness (QED) is 0.840. The van der Waals surface area contributed by atoms with Gasteiger partial charge in [0.15, 0.2) is 6.61 Å². The van der Waals surface area contributed by atoms with Crippen LogP contribution in [0.1, 0.15) is 44.7 Å². The number of benzene rings is 1. The van der Waals surface area contributed by atoms with Crippen molar-refractivity contribution in [2.75, 3.05) is 6.61 Å². The Morgan fingerprint density at radius 2 is 1.89 bits per heavy atom. The predicted octanol–water partition coefficient (Wildman–Crippen LogP) is 3.47. The van der Waals surface area contributed by atoms with E-state index in [-0.39, 0.29) is 6.61 Å². The third-order valence-corrected chi connectivity index (χ3v) is 2.66. The van der Waals surface area contributed by atoms with E-state index in [0.717, 1.165) is 6.42 Å².